The van der Waals surface area contributed by atoms with Crippen LogP contribution in [0.3, 0.4) is 0 Å². The molecule has 1 aliphatic rings. The van der Waals surface area contributed by atoms with Gasteiger partial charge in [-0.3, -0.25) is 14.6 Å². The first kappa shape index (κ1) is 18.1. The van der Waals surface area contributed by atoms with Crippen LogP contribution in [0.4, 0.5) is 0 Å². The highest BCUT2D eigenvalue weighted by Crippen LogP contribution is 2.20. The molecule has 5 heteroatoms. The van der Waals surface area contributed by atoms with Crippen LogP contribution in [0.2, 0.25) is 0 Å². The summed E-state index contributed by atoms with van der Waals surface area (Å²) >= 11 is 0. The van der Waals surface area contributed by atoms with E-state index in [2.05, 4.69) is 10.3 Å². The van der Waals surface area contributed by atoms with Gasteiger partial charge in [0.2, 0.25) is 5.91 Å². The number of carbonyl (C=O) groups is 2. The molecule has 1 N–H and O–H groups in total. The Bertz CT molecular complexity index is 789. The minimum Gasteiger partial charge on any atom is -0.350 e. The molecule has 2 heterocycles. The molecule has 1 saturated heterocycles. The highest BCUT2D eigenvalue weighted by molar-refractivity contribution is 5.97. The molecule has 0 aliphatic carbocycles. The summed E-state index contributed by atoms with van der Waals surface area (Å²) < 4.78 is 0. The molecule has 1 atom stereocenters. The summed E-state index contributed by atoms with van der Waals surface area (Å²) in [6.45, 7) is 5.02. The molecule has 2 amide bonds. The van der Waals surface area contributed by atoms with Gasteiger partial charge in [-0.1, -0.05) is 18.2 Å². The molecule has 0 bridgehead atoms. The average molecular weight is 351 g/mol. The smallest absolute Gasteiger partial charge is 0.254 e. The van der Waals surface area contributed by atoms with Crippen molar-refractivity contribution in [2.24, 2.45) is 0 Å². The molecule has 136 valence electrons. The first-order valence-electron chi connectivity index (χ1n) is 9.12. The Hall–Kier alpha value is -2.69. The number of benzene rings is 1. The predicted octanol–water partition coefficient (Wildman–Crippen LogP) is 3.01. The molecule has 1 fully saturated rings. The first-order chi connectivity index (χ1) is 12.6. The molecule has 1 aliphatic heterocycles. The number of pyridine rings is 1. The standard InChI is InChI=1S/C21H25N3O2/c1-15-12-16(2)22-13-18(15)14-23-20(25)19-10-6-7-11-24(19)21(26)17-8-4-3-5-9-17/h3-5,8-9,12-13,19H,6-7,10-11,14H2,1-2H3,(H,23,25). The van der Waals surface area contributed by atoms with Gasteiger partial charge in [-0.25, -0.2) is 0 Å². The number of carbonyl (C=O) groups excluding carboxylic acids is 2. The molecule has 0 radical (unpaired) electrons. The van der Waals surface area contributed by atoms with E-state index in [9.17, 15) is 9.59 Å². The van der Waals surface area contributed by atoms with Gasteiger partial charge in [0.15, 0.2) is 0 Å². The maximum absolute atomic E-state index is 12.8. The quantitative estimate of drug-likeness (QED) is 0.921. The lowest BCUT2D eigenvalue weighted by atomic mass is 9.99. The van der Waals surface area contributed by atoms with Gasteiger partial charge in [-0.2, -0.15) is 0 Å². The second-order valence-corrected chi connectivity index (χ2v) is 6.85. The van der Waals surface area contributed by atoms with Crippen LogP contribution in [-0.4, -0.2) is 34.3 Å². The summed E-state index contributed by atoms with van der Waals surface area (Å²) in [5.41, 5.74) is 3.70. The van der Waals surface area contributed by atoms with E-state index >= 15 is 0 Å². The summed E-state index contributed by atoms with van der Waals surface area (Å²) in [7, 11) is 0. The van der Waals surface area contributed by atoms with Gasteiger partial charge in [0, 0.05) is 30.5 Å². The summed E-state index contributed by atoms with van der Waals surface area (Å²) in [5, 5.41) is 2.99. The molecule has 0 spiro atoms. The first-order valence-corrected chi connectivity index (χ1v) is 9.12. The largest absolute Gasteiger partial charge is 0.350 e. The monoisotopic (exact) mass is 351 g/mol. The Morgan fingerprint density at radius 2 is 1.96 bits per heavy atom. The third-order valence-electron chi connectivity index (χ3n) is 4.90. The highest BCUT2D eigenvalue weighted by Gasteiger charge is 2.32. The van der Waals surface area contributed by atoms with Gasteiger partial charge in [-0.15, -0.1) is 0 Å². The van der Waals surface area contributed by atoms with E-state index in [1.165, 1.54) is 0 Å². The lowest BCUT2D eigenvalue weighted by Crippen LogP contribution is -2.51. The van der Waals surface area contributed by atoms with Crippen LogP contribution in [0.5, 0.6) is 0 Å². The Morgan fingerprint density at radius 1 is 1.19 bits per heavy atom. The van der Waals surface area contributed by atoms with Crippen LogP contribution in [-0.2, 0) is 11.3 Å². The van der Waals surface area contributed by atoms with Crippen LogP contribution < -0.4 is 5.32 Å². The van der Waals surface area contributed by atoms with Gasteiger partial charge in [0.25, 0.3) is 5.91 Å². The molecule has 2 aromatic rings. The topological polar surface area (TPSA) is 62.3 Å². The number of likely N-dealkylation sites (tertiary alicyclic amines) is 1. The van der Waals surface area contributed by atoms with Gasteiger partial charge >= 0.3 is 0 Å². The number of hydrogen-bond acceptors (Lipinski definition) is 3. The number of aryl methyl sites for hydroxylation is 2. The highest BCUT2D eigenvalue weighted by atomic mass is 16.2. The van der Waals surface area contributed by atoms with E-state index < -0.39 is 6.04 Å². The van der Waals surface area contributed by atoms with Crippen molar-refractivity contribution < 1.29 is 9.59 Å². The Labute approximate surface area is 154 Å². The maximum atomic E-state index is 12.8. The zero-order valence-electron chi connectivity index (χ0n) is 15.4. The molecular formula is C21H25N3O2. The molecule has 1 unspecified atom stereocenters. The van der Waals surface area contributed by atoms with Gasteiger partial charge < -0.3 is 10.2 Å². The number of nitrogens with zero attached hydrogens (tertiary/aromatic N) is 2. The lowest BCUT2D eigenvalue weighted by molar-refractivity contribution is -0.126. The van der Waals surface area contributed by atoms with Gasteiger partial charge in [0.1, 0.15) is 6.04 Å². The minimum absolute atomic E-state index is 0.0707. The molecule has 1 aromatic heterocycles. The fourth-order valence-corrected chi connectivity index (χ4v) is 3.40. The van der Waals surface area contributed by atoms with Crippen molar-refractivity contribution in [1.82, 2.24) is 15.2 Å². The third kappa shape index (κ3) is 4.10. The van der Waals surface area contributed by atoms with E-state index in [1.807, 2.05) is 38.1 Å². The molecule has 5 nitrogen and oxygen atoms in total. The fourth-order valence-electron chi connectivity index (χ4n) is 3.40. The Balaban J connectivity index is 1.69. The second-order valence-electron chi connectivity index (χ2n) is 6.85. The minimum atomic E-state index is -0.407. The second kappa shape index (κ2) is 8.13. The summed E-state index contributed by atoms with van der Waals surface area (Å²) in [6, 6.07) is 10.8. The average Bonchev–Trinajstić information content (AvgIpc) is 2.67. The fraction of sp³-hybridized carbons (Fsp3) is 0.381. The van der Waals surface area contributed by atoms with Crippen molar-refractivity contribution >= 4 is 11.8 Å². The maximum Gasteiger partial charge on any atom is 0.254 e. The Kier molecular flexibility index (Phi) is 5.66. The van der Waals surface area contributed by atoms with E-state index in [0.717, 1.165) is 29.7 Å². The van der Waals surface area contributed by atoms with Crippen LogP contribution in [0, 0.1) is 13.8 Å². The Morgan fingerprint density at radius 3 is 2.69 bits per heavy atom. The zero-order chi connectivity index (χ0) is 18.5. The van der Waals surface area contributed by atoms with Crippen molar-refractivity contribution in [3.63, 3.8) is 0 Å². The van der Waals surface area contributed by atoms with Crippen molar-refractivity contribution in [2.45, 2.75) is 45.7 Å². The van der Waals surface area contributed by atoms with Gasteiger partial charge in [0.05, 0.1) is 0 Å². The zero-order valence-corrected chi connectivity index (χ0v) is 15.4. The normalized spacial score (nSPS) is 17.0. The number of rotatable bonds is 4. The molecule has 1 aromatic carbocycles. The molecule has 0 saturated carbocycles. The number of piperidine rings is 1. The summed E-state index contributed by atoms with van der Waals surface area (Å²) in [5.74, 6) is -0.160. The number of hydrogen-bond donors (Lipinski definition) is 1. The summed E-state index contributed by atoms with van der Waals surface area (Å²) in [4.78, 5) is 31.6. The van der Waals surface area contributed by atoms with Crippen molar-refractivity contribution in [3.05, 3.63) is 65.0 Å². The van der Waals surface area contributed by atoms with Gasteiger partial charge in [-0.05, 0) is 62.4 Å². The summed E-state index contributed by atoms with van der Waals surface area (Å²) in [6.07, 6.45) is 4.40. The lowest BCUT2D eigenvalue weighted by Gasteiger charge is -2.34. The number of nitrogens with one attached hydrogen (secondary N) is 1. The molecular weight excluding hydrogens is 326 g/mol. The van der Waals surface area contributed by atoms with E-state index in [1.54, 1.807) is 23.2 Å². The molecule has 3 rings (SSSR count). The van der Waals surface area contributed by atoms with Crippen molar-refractivity contribution in [3.8, 4) is 0 Å². The predicted molar refractivity (Wildman–Crippen MR) is 101 cm³/mol. The molecule has 26 heavy (non-hydrogen) atoms. The van der Waals surface area contributed by atoms with E-state index in [-0.39, 0.29) is 11.8 Å². The number of aromatic nitrogens is 1. The number of amides is 2. The van der Waals surface area contributed by atoms with E-state index in [4.69, 9.17) is 0 Å². The van der Waals surface area contributed by atoms with Crippen molar-refractivity contribution in [1.29, 1.82) is 0 Å². The SMILES string of the molecule is Cc1cc(C)c(CNC(=O)C2CCCCN2C(=O)c2ccccc2)cn1. The van der Waals surface area contributed by atoms with Crippen LogP contribution in [0.15, 0.2) is 42.6 Å². The third-order valence-corrected chi connectivity index (χ3v) is 4.90. The van der Waals surface area contributed by atoms with E-state index in [0.29, 0.717) is 25.1 Å². The van der Waals surface area contributed by atoms with Crippen LogP contribution in [0.25, 0.3) is 0 Å². The van der Waals surface area contributed by atoms with Crippen LogP contribution in [0.1, 0.15) is 46.4 Å². The van der Waals surface area contributed by atoms with Crippen LogP contribution >= 0.6 is 0 Å². The van der Waals surface area contributed by atoms with Crippen molar-refractivity contribution in [2.75, 3.05) is 6.54 Å².